The van der Waals surface area contributed by atoms with Gasteiger partial charge in [0.15, 0.2) is 21.9 Å². The highest BCUT2D eigenvalue weighted by Gasteiger charge is 2.38. The second-order valence-corrected chi connectivity index (χ2v) is 9.48. The van der Waals surface area contributed by atoms with Crippen molar-refractivity contribution in [3.8, 4) is 0 Å². The van der Waals surface area contributed by atoms with E-state index >= 15 is 0 Å². The number of furan rings is 1. The highest BCUT2D eigenvalue weighted by molar-refractivity contribution is 9.10. The Morgan fingerprint density at radius 2 is 1.48 bits per heavy atom. The fourth-order valence-electron chi connectivity index (χ4n) is 3.03. The number of carbonyl (C=O) groups excluding carboxylic acids is 2. The Bertz CT molecular complexity index is 923. The topological polar surface area (TPSA) is 68.9 Å². The van der Waals surface area contributed by atoms with E-state index in [4.69, 9.17) is 9.25 Å². The van der Waals surface area contributed by atoms with Crippen molar-refractivity contribution in [2.24, 2.45) is 16.0 Å². The smallest absolute Gasteiger partial charge is 0.368 e. The van der Waals surface area contributed by atoms with E-state index in [1.165, 1.54) is 0 Å². The molecule has 0 N–H and O–H groups in total. The lowest BCUT2D eigenvalue weighted by molar-refractivity contribution is -0.136. The number of halogens is 1. The predicted molar refractivity (Wildman–Crippen MR) is 106 cm³/mol. The van der Waals surface area contributed by atoms with Gasteiger partial charge in [-0.1, -0.05) is 46.7 Å². The normalized spacial score (nSPS) is 18.4. The molecule has 0 bridgehead atoms. The summed E-state index contributed by atoms with van der Waals surface area (Å²) < 4.78 is 6.08. The summed E-state index contributed by atoms with van der Waals surface area (Å²) in [5.74, 6) is -0.135. The van der Waals surface area contributed by atoms with Gasteiger partial charge < -0.3 is 9.25 Å². The van der Waals surface area contributed by atoms with Crippen LogP contribution in [0, 0.1) is 10.8 Å². The Hall–Kier alpha value is -2.21. The Morgan fingerprint density at radius 3 is 1.93 bits per heavy atom. The Morgan fingerprint density at radius 1 is 0.926 bits per heavy atom. The molecule has 0 atom stereocenters. The molecule has 1 aliphatic carbocycles. The number of hydrogen-bond acceptors (Lipinski definition) is 5. The molecule has 0 aromatic carbocycles. The molecule has 142 valence electrons. The lowest BCUT2D eigenvalue weighted by Gasteiger charge is -2.31. The predicted octanol–water partition coefficient (Wildman–Crippen LogP) is 5.13. The third-order valence-electron chi connectivity index (χ3n) is 4.46. The van der Waals surface area contributed by atoms with Gasteiger partial charge in [-0.05, 0) is 56.6 Å². The number of carbonyl (C=O) groups is 2. The summed E-state index contributed by atoms with van der Waals surface area (Å²) in [6, 6.07) is 3.43. The van der Waals surface area contributed by atoms with E-state index in [0.717, 1.165) is 0 Å². The molecule has 3 rings (SSSR count). The van der Waals surface area contributed by atoms with Crippen LogP contribution in [-0.4, -0.2) is 17.5 Å². The molecule has 0 amide bonds. The van der Waals surface area contributed by atoms with Crippen LogP contribution in [0.3, 0.4) is 0 Å². The van der Waals surface area contributed by atoms with Gasteiger partial charge in [0.1, 0.15) is 5.57 Å². The largest absolute Gasteiger partial charge is 0.448 e. The fourth-order valence-corrected chi connectivity index (χ4v) is 3.33. The van der Waals surface area contributed by atoms with Crippen LogP contribution in [0.25, 0.3) is 0 Å². The summed E-state index contributed by atoms with van der Waals surface area (Å²) in [6.45, 7) is 11.9. The highest BCUT2D eigenvalue weighted by Crippen LogP contribution is 2.40. The number of oxime groups is 1. The van der Waals surface area contributed by atoms with E-state index < -0.39 is 5.97 Å². The minimum atomic E-state index is -0.559. The molecular weight excluding hydrogens is 410 g/mol. The molecule has 2 heterocycles. The average molecular weight is 432 g/mol. The SMILES string of the molecule is CC(C)(C)C1=CC(=C2C(=O)ON=C2c2ccc(Br)o2)C=C(C(C)(C)C)C1=O. The summed E-state index contributed by atoms with van der Waals surface area (Å²) in [7, 11) is 0. The van der Waals surface area contributed by atoms with Crippen LogP contribution >= 0.6 is 15.9 Å². The zero-order chi connectivity index (χ0) is 20.1. The number of ketones is 1. The summed E-state index contributed by atoms with van der Waals surface area (Å²) in [5.41, 5.74) is 1.78. The minimum Gasteiger partial charge on any atom is -0.448 e. The first-order valence-corrected chi connectivity index (χ1v) is 9.47. The minimum absolute atomic E-state index is 0.00458. The molecule has 0 saturated heterocycles. The second-order valence-electron chi connectivity index (χ2n) is 8.70. The van der Waals surface area contributed by atoms with Crippen molar-refractivity contribution in [2.45, 2.75) is 41.5 Å². The van der Waals surface area contributed by atoms with Crippen LogP contribution in [0.1, 0.15) is 47.3 Å². The third-order valence-corrected chi connectivity index (χ3v) is 4.89. The molecule has 0 spiro atoms. The Kier molecular flexibility index (Phi) is 4.67. The zero-order valence-electron chi connectivity index (χ0n) is 16.3. The van der Waals surface area contributed by atoms with Crippen molar-refractivity contribution in [3.05, 3.63) is 57.0 Å². The molecule has 1 aromatic heterocycles. The van der Waals surface area contributed by atoms with Crippen LogP contribution < -0.4 is 0 Å². The maximum absolute atomic E-state index is 13.1. The standard InChI is InChI=1S/C21H22BrNO4/c1-20(2,3)12-9-11(10-13(18(12)24)21(4,5)6)16-17(23-27-19(16)25)14-7-8-15(22)26-14/h7-10H,1-6H3. The van der Waals surface area contributed by atoms with Gasteiger partial charge >= 0.3 is 5.97 Å². The van der Waals surface area contributed by atoms with Gasteiger partial charge in [-0.25, -0.2) is 4.79 Å². The zero-order valence-corrected chi connectivity index (χ0v) is 17.9. The molecule has 0 fully saturated rings. The van der Waals surface area contributed by atoms with Crippen molar-refractivity contribution in [1.29, 1.82) is 0 Å². The monoisotopic (exact) mass is 431 g/mol. The maximum atomic E-state index is 13.1. The maximum Gasteiger partial charge on any atom is 0.368 e. The van der Waals surface area contributed by atoms with Crippen LogP contribution in [0.15, 0.2) is 60.8 Å². The van der Waals surface area contributed by atoms with E-state index in [2.05, 4.69) is 21.1 Å². The summed E-state index contributed by atoms with van der Waals surface area (Å²) in [4.78, 5) is 30.5. The molecular formula is C21H22BrNO4. The molecule has 5 nitrogen and oxygen atoms in total. The van der Waals surface area contributed by atoms with Gasteiger partial charge in [0.2, 0.25) is 0 Å². The summed E-state index contributed by atoms with van der Waals surface area (Å²) >= 11 is 3.26. The van der Waals surface area contributed by atoms with Gasteiger partial charge in [0, 0.05) is 11.1 Å². The van der Waals surface area contributed by atoms with Gasteiger partial charge in [-0.3, -0.25) is 4.79 Å². The van der Waals surface area contributed by atoms with E-state index in [-0.39, 0.29) is 16.6 Å². The summed E-state index contributed by atoms with van der Waals surface area (Å²) in [5, 5.41) is 3.90. The van der Waals surface area contributed by atoms with Gasteiger partial charge in [-0.15, -0.1) is 0 Å². The molecule has 1 aliphatic heterocycles. The van der Waals surface area contributed by atoms with Crippen molar-refractivity contribution < 1.29 is 18.8 Å². The van der Waals surface area contributed by atoms with E-state index in [0.29, 0.717) is 38.4 Å². The Labute approximate surface area is 167 Å². The van der Waals surface area contributed by atoms with Crippen molar-refractivity contribution in [1.82, 2.24) is 0 Å². The lowest BCUT2D eigenvalue weighted by atomic mass is 9.71. The number of rotatable bonds is 1. The second kappa shape index (κ2) is 6.44. The van der Waals surface area contributed by atoms with Crippen LogP contribution in [0.2, 0.25) is 0 Å². The quantitative estimate of drug-likeness (QED) is 0.456. The number of allylic oxidation sites excluding steroid dienone is 5. The summed E-state index contributed by atoms with van der Waals surface area (Å²) in [6.07, 6.45) is 3.54. The van der Waals surface area contributed by atoms with Gasteiger partial charge in [-0.2, -0.15) is 0 Å². The lowest BCUT2D eigenvalue weighted by Crippen LogP contribution is -2.28. The van der Waals surface area contributed by atoms with Crippen molar-refractivity contribution in [3.63, 3.8) is 0 Å². The molecule has 1 aromatic rings. The van der Waals surface area contributed by atoms with Gasteiger partial charge in [0.25, 0.3) is 0 Å². The van der Waals surface area contributed by atoms with E-state index in [1.54, 1.807) is 24.3 Å². The van der Waals surface area contributed by atoms with E-state index in [9.17, 15) is 9.59 Å². The van der Waals surface area contributed by atoms with E-state index in [1.807, 2.05) is 41.5 Å². The van der Waals surface area contributed by atoms with Crippen LogP contribution in [-0.2, 0) is 14.4 Å². The average Bonchev–Trinajstić information content (AvgIpc) is 3.11. The highest BCUT2D eigenvalue weighted by atomic mass is 79.9. The molecule has 27 heavy (non-hydrogen) atoms. The number of hydrogen-bond donors (Lipinski definition) is 0. The third kappa shape index (κ3) is 3.63. The first kappa shape index (κ1) is 19.5. The van der Waals surface area contributed by atoms with Crippen molar-refractivity contribution >= 4 is 33.4 Å². The molecule has 0 saturated carbocycles. The van der Waals surface area contributed by atoms with Crippen LogP contribution in [0.4, 0.5) is 0 Å². The first-order valence-electron chi connectivity index (χ1n) is 8.68. The molecule has 0 unspecified atom stereocenters. The Balaban J connectivity index is 2.26. The first-order chi connectivity index (χ1) is 12.4. The number of nitrogens with zero attached hydrogens (tertiary/aromatic N) is 1. The molecule has 6 heteroatoms. The van der Waals surface area contributed by atoms with Crippen molar-refractivity contribution in [2.75, 3.05) is 0 Å². The number of Topliss-reactive ketones (excluding diaryl/α,β-unsaturated/α-hetero) is 1. The van der Waals surface area contributed by atoms with Gasteiger partial charge in [0.05, 0.1) is 0 Å². The fraction of sp³-hybridized carbons (Fsp3) is 0.381. The molecule has 2 aliphatic rings. The molecule has 0 radical (unpaired) electrons. The van der Waals surface area contributed by atoms with Crippen LogP contribution in [0.5, 0.6) is 0 Å².